The van der Waals surface area contributed by atoms with Gasteiger partial charge in [-0.1, -0.05) is 0 Å². The first-order chi connectivity index (χ1) is 8.13. The van der Waals surface area contributed by atoms with Gasteiger partial charge in [-0.3, -0.25) is 9.69 Å². The van der Waals surface area contributed by atoms with Crippen LogP contribution in [0.4, 0.5) is 0 Å². The van der Waals surface area contributed by atoms with Crippen LogP contribution < -0.4 is 0 Å². The van der Waals surface area contributed by atoms with Gasteiger partial charge in [-0.2, -0.15) is 0 Å². The van der Waals surface area contributed by atoms with Crippen molar-refractivity contribution < 1.29 is 14.3 Å². The van der Waals surface area contributed by atoms with Crippen molar-refractivity contribution in [2.45, 2.75) is 52.2 Å². The van der Waals surface area contributed by atoms with Gasteiger partial charge in [-0.25, -0.2) is 0 Å². The van der Waals surface area contributed by atoms with Gasteiger partial charge in [0.25, 0.3) is 0 Å². The van der Waals surface area contributed by atoms with Crippen LogP contribution in [0.2, 0.25) is 0 Å². The molecule has 100 valence electrons. The lowest BCUT2D eigenvalue weighted by atomic mass is 10.1. The highest BCUT2D eigenvalue weighted by Crippen LogP contribution is 2.15. The van der Waals surface area contributed by atoms with E-state index in [0.29, 0.717) is 19.2 Å². The summed E-state index contributed by atoms with van der Waals surface area (Å²) in [6.07, 6.45) is 3.78. The minimum Gasteiger partial charge on any atom is -0.465 e. The van der Waals surface area contributed by atoms with Gasteiger partial charge in [0.05, 0.1) is 19.3 Å². The molecule has 0 amide bonds. The number of hydrogen-bond acceptors (Lipinski definition) is 4. The Morgan fingerprint density at radius 1 is 1.47 bits per heavy atom. The lowest BCUT2D eigenvalue weighted by molar-refractivity contribution is -0.145. The molecule has 1 rings (SSSR count). The minimum absolute atomic E-state index is 0.142. The van der Waals surface area contributed by atoms with E-state index in [2.05, 4.69) is 18.7 Å². The van der Waals surface area contributed by atoms with Gasteiger partial charge >= 0.3 is 5.97 Å². The molecule has 0 N–H and O–H groups in total. The summed E-state index contributed by atoms with van der Waals surface area (Å²) >= 11 is 0. The van der Waals surface area contributed by atoms with Crippen LogP contribution in [0.5, 0.6) is 0 Å². The van der Waals surface area contributed by atoms with Crippen LogP contribution in [-0.4, -0.2) is 49.3 Å². The standard InChI is InChI=1S/C13H25NO3/c1-4-16-13(15)10-14(11(2)3)9-12-7-5-6-8-17-12/h11-12H,4-10H2,1-3H3. The van der Waals surface area contributed by atoms with E-state index >= 15 is 0 Å². The Balaban J connectivity index is 2.39. The number of carbonyl (C=O) groups excluding carboxylic acids is 1. The fourth-order valence-corrected chi connectivity index (χ4v) is 2.04. The van der Waals surface area contributed by atoms with Gasteiger partial charge in [0, 0.05) is 19.2 Å². The highest BCUT2D eigenvalue weighted by atomic mass is 16.5. The molecule has 4 nitrogen and oxygen atoms in total. The van der Waals surface area contributed by atoms with Crippen molar-refractivity contribution in [2.24, 2.45) is 0 Å². The maximum Gasteiger partial charge on any atom is 0.320 e. The van der Waals surface area contributed by atoms with E-state index in [9.17, 15) is 4.79 Å². The van der Waals surface area contributed by atoms with Gasteiger partial charge in [0.15, 0.2) is 0 Å². The van der Waals surface area contributed by atoms with E-state index in [0.717, 1.165) is 26.0 Å². The second kappa shape index (κ2) is 7.67. The lowest BCUT2D eigenvalue weighted by Gasteiger charge is -2.31. The van der Waals surface area contributed by atoms with Gasteiger partial charge in [-0.15, -0.1) is 0 Å². The van der Waals surface area contributed by atoms with Gasteiger partial charge in [-0.05, 0) is 40.0 Å². The van der Waals surface area contributed by atoms with E-state index in [-0.39, 0.29) is 12.1 Å². The predicted octanol–water partition coefficient (Wildman–Crippen LogP) is 1.83. The Bertz CT molecular complexity index is 225. The molecule has 1 saturated heterocycles. The van der Waals surface area contributed by atoms with Crippen molar-refractivity contribution in [2.75, 3.05) is 26.3 Å². The Labute approximate surface area is 104 Å². The highest BCUT2D eigenvalue weighted by Gasteiger charge is 2.21. The first kappa shape index (κ1) is 14.5. The van der Waals surface area contributed by atoms with E-state index in [1.165, 1.54) is 6.42 Å². The summed E-state index contributed by atoms with van der Waals surface area (Å²) in [6, 6.07) is 0.338. The van der Waals surface area contributed by atoms with Crippen molar-refractivity contribution in [3.05, 3.63) is 0 Å². The summed E-state index contributed by atoms with van der Waals surface area (Å²) in [5.41, 5.74) is 0. The van der Waals surface area contributed by atoms with Crippen molar-refractivity contribution in [1.29, 1.82) is 0 Å². The number of hydrogen-bond donors (Lipinski definition) is 0. The zero-order chi connectivity index (χ0) is 12.7. The zero-order valence-electron chi connectivity index (χ0n) is 11.3. The molecule has 1 aliphatic rings. The highest BCUT2D eigenvalue weighted by molar-refractivity contribution is 5.71. The molecule has 1 unspecified atom stereocenters. The van der Waals surface area contributed by atoms with Gasteiger partial charge in [0.2, 0.25) is 0 Å². The Morgan fingerprint density at radius 2 is 2.24 bits per heavy atom. The van der Waals surface area contributed by atoms with Crippen LogP contribution >= 0.6 is 0 Å². The molecule has 0 spiro atoms. The Hall–Kier alpha value is -0.610. The van der Waals surface area contributed by atoms with Crippen LogP contribution in [0, 0.1) is 0 Å². The molecule has 17 heavy (non-hydrogen) atoms. The number of nitrogens with zero attached hydrogens (tertiary/aromatic N) is 1. The van der Waals surface area contributed by atoms with Gasteiger partial charge in [0.1, 0.15) is 0 Å². The maximum atomic E-state index is 11.5. The quantitative estimate of drug-likeness (QED) is 0.667. The Morgan fingerprint density at radius 3 is 2.76 bits per heavy atom. The van der Waals surface area contributed by atoms with E-state index < -0.39 is 0 Å². The first-order valence-corrected chi connectivity index (χ1v) is 6.64. The molecule has 0 aromatic heterocycles. The van der Waals surface area contributed by atoms with Crippen molar-refractivity contribution in [1.82, 2.24) is 4.90 Å². The second-order valence-electron chi connectivity index (χ2n) is 4.82. The van der Waals surface area contributed by atoms with E-state index in [1.54, 1.807) is 0 Å². The van der Waals surface area contributed by atoms with Crippen LogP contribution in [0.15, 0.2) is 0 Å². The molecule has 4 heteroatoms. The number of ether oxygens (including phenoxy) is 2. The predicted molar refractivity (Wildman–Crippen MR) is 66.9 cm³/mol. The zero-order valence-corrected chi connectivity index (χ0v) is 11.3. The molecule has 0 saturated carbocycles. The fourth-order valence-electron chi connectivity index (χ4n) is 2.04. The summed E-state index contributed by atoms with van der Waals surface area (Å²) in [5.74, 6) is -0.142. The molecule has 1 fully saturated rings. The molecular formula is C13H25NO3. The summed E-state index contributed by atoms with van der Waals surface area (Å²) in [6.45, 7) is 8.54. The van der Waals surface area contributed by atoms with Crippen molar-refractivity contribution in [3.63, 3.8) is 0 Å². The topological polar surface area (TPSA) is 38.8 Å². The average Bonchev–Trinajstić information content (AvgIpc) is 2.29. The molecule has 0 radical (unpaired) electrons. The van der Waals surface area contributed by atoms with Gasteiger partial charge < -0.3 is 9.47 Å². The fraction of sp³-hybridized carbons (Fsp3) is 0.923. The summed E-state index contributed by atoms with van der Waals surface area (Å²) in [7, 11) is 0. The first-order valence-electron chi connectivity index (χ1n) is 6.64. The molecule has 0 bridgehead atoms. The molecule has 0 aliphatic carbocycles. The number of esters is 1. The summed E-state index contributed by atoms with van der Waals surface area (Å²) in [5, 5.41) is 0. The lowest BCUT2D eigenvalue weighted by Crippen LogP contribution is -2.43. The minimum atomic E-state index is -0.142. The number of rotatable bonds is 6. The third kappa shape index (κ3) is 5.50. The maximum absolute atomic E-state index is 11.5. The SMILES string of the molecule is CCOC(=O)CN(CC1CCCCO1)C(C)C. The molecule has 0 aromatic rings. The normalized spacial score (nSPS) is 20.9. The van der Waals surface area contributed by atoms with Crippen molar-refractivity contribution >= 4 is 5.97 Å². The van der Waals surface area contributed by atoms with Crippen LogP contribution in [-0.2, 0) is 14.3 Å². The molecule has 0 aromatic carbocycles. The van der Waals surface area contributed by atoms with E-state index in [1.807, 2.05) is 6.92 Å². The van der Waals surface area contributed by atoms with Crippen LogP contribution in [0.25, 0.3) is 0 Å². The average molecular weight is 243 g/mol. The summed E-state index contributed by atoms with van der Waals surface area (Å²) < 4.78 is 10.7. The van der Waals surface area contributed by atoms with Crippen molar-refractivity contribution in [3.8, 4) is 0 Å². The summed E-state index contributed by atoms with van der Waals surface area (Å²) in [4.78, 5) is 13.6. The third-order valence-corrected chi connectivity index (χ3v) is 3.08. The second-order valence-corrected chi connectivity index (χ2v) is 4.82. The molecular weight excluding hydrogens is 218 g/mol. The Kier molecular flexibility index (Phi) is 6.52. The number of carbonyl (C=O) groups is 1. The smallest absolute Gasteiger partial charge is 0.320 e. The monoisotopic (exact) mass is 243 g/mol. The van der Waals surface area contributed by atoms with Crippen LogP contribution in [0.1, 0.15) is 40.0 Å². The molecule has 1 heterocycles. The third-order valence-electron chi connectivity index (χ3n) is 3.08. The van der Waals surface area contributed by atoms with Crippen LogP contribution in [0.3, 0.4) is 0 Å². The largest absolute Gasteiger partial charge is 0.465 e. The molecule has 1 atom stereocenters. The molecule has 1 aliphatic heterocycles. The van der Waals surface area contributed by atoms with E-state index in [4.69, 9.17) is 9.47 Å².